The second kappa shape index (κ2) is 14.1. The van der Waals surface area contributed by atoms with Gasteiger partial charge in [0.15, 0.2) is 0 Å². The van der Waals surface area contributed by atoms with Gasteiger partial charge >= 0.3 is 0 Å². The molecule has 2 amide bonds. The number of benzene rings is 3. The first kappa shape index (κ1) is 29.4. The molecule has 7 nitrogen and oxygen atoms in total. The number of hydrogen-bond donors (Lipinski definition) is 1. The number of nitrogens with one attached hydrogen (secondary N) is 1. The first-order chi connectivity index (χ1) is 18.2. The Labute approximate surface area is 230 Å². The van der Waals surface area contributed by atoms with Crippen LogP contribution in [0.5, 0.6) is 0 Å². The van der Waals surface area contributed by atoms with Crippen molar-refractivity contribution in [3.63, 3.8) is 0 Å². The number of carbonyl (C=O) groups is 2. The van der Waals surface area contributed by atoms with Gasteiger partial charge in [-0.3, -0.25) is 9.59 Å². The van der Waals surface area contributed by atoms with Gasteiger partial charge in [-0.15, -0.1) is 0 Å². The van der Waals surface area contributed by atoms with Crippen LogP contribution in [0.25, 0.3) is 0 Å². The number of nitrogens with zero attached hydrogens (tertiary/aromatic N) is 2. The van der Waals surface area contributed by atoms with Crippen molar-refractivity contribution in [3.8, 4) is 0 Å². The minimum absolute atomic E-state index is 0.0324. The maximum atomic E-state index is 13.8. The summed E-state index contributed by atoms with van der Waals surface area (Å²) in [5, 5.41) is 3.37. The monoisotopic (exact) mass is 555 g/mol. The van der Waals surface area contributed by atoms with Gasteiger partial charge in [0.25, 0.3) is 0 Å². The zero-order valence-corrected chi connectivity index (χ0v) is 23.3. The molecule has 0 bridgehead atoms. The third-order valence-corrected chi connectivity index (χ3v) is 8.25. The molecule has 202 valence electrons. The van der Waals surface area contributed by atoms with E-state index in [1.165, 1.54) is 36.2 Å². The number of carbonyl (C=O) groups excluding carboxylic acids is 2. The summed E-state index contributed by atoms with van der Waals surface area (Å²) in [5.74, 6) is -0.741. The van der Waals surface area contributed by atoms with Crippen molar-refractivity contribution in [2.45, 2.75) is 43.7 Å². The van der Waals surface area contributed by atoms with Gasteiger partial charge in [-0.25, -0.2) is 8.42 Å². The van der Waals surface area contributed by atoms with Gasteiger partial charge in [0.1, 0.15) is 6.04 Å². The molecule has 1 N–H and O–H groups in total. The van der Waals surface area contributed by atoms with Crippen LogP contribution in [-0.4, -0.2) is 55.6 Å². The predicted octanol–water partition coefficient (Wildman–Crippen LogP) is 4.52. The normalized spacial score (nSPS) is 12.2. The van der Waals surface area contributed by atoms with Crippen LogP contribution in [0.2, 0.25) is 5.02 Å². The second-order valence-corrected chi connectivity index (χ2v) is 11.6. The van der Waals surface area contributed by atoms with Crippen molar-refractivity contribution in [2.75, 3.05) is 20.1 Å². The minimum Gasteiger partial charge on any atom is -0.354 e. The van der Waals surface area contributed by atoms with Gasteiger partial charge in [-0.1, -0.05) is 85.6 Å². The Morgan fingerprint density at radius 3 is 2.05 bits per heavy atom. The molecule has 0 aliphatic rings. The molecule has 0 aliphatic heterocycles. The molecular weight excluding hydrogens is 522 g/mol. The molecule has 0 heterocycles. The SMILES string of the molecule is CCCCNC(=O)[C@@H](Cc1ccccc1)N(Cc1ccccc1)C(=O)CN(C)S(=O)(=O)c1ccc(Cl)cc1. The van der Waals surface area contributed by atoms with Crippen LogP contribution in [0.4, 0.5) is 0 Å². The fraction of sp³-hybridized carbons (Fsp3) is 0.310. The lowest BCUT2D eigenvalue weighted by Crippen LogP contribution is -2.53. The van der Waals surface area contributed by atoms with Crippen LogP contribution >= 0.6 is 11.6 Å². The first-order valence-corrected chi connectivity index (χ1v) is 14.4. The molecule has 3 rings (SSSR count). The summed E-state index contributed by atoms with van der Waals surface area (Å²) in [4.78, 5) is 28.7. The summed E-state index contributed by atoms with van der Waals surface area (Å²) in [6.45, 7) is 2.27. The van der Waals surface area contributed by atoms with Crippen molar-refractivity contribution in [3.05, 3.63) is 101 Å². The van der Waals surface area contributed by atoms with E-state index < -0.39 is 28.5 Å². The molecule has 0 fully saturated rings. The standard InChI is InChI=1S/C29H34ClN3O4S/c1-3-4-19-31-29(35)27(20-23-11-7-5-8-12-23)33(21-24-13-9-6-10-14-24)28(34)22-32(2)38(36,37)26-17-15-25(30)16-18-26/h5-18,27H,3-4,19-22H2,1-2H3,(H,31,35)/t27-/m1/s1. The fourth-order valence-electron chi connectivity index (χ4n) is 3.99. The van der Waals surface area contributed by atoms with Gasteiger partial charge in [-0.2, -0.15) is 4.31 Å². The molecule has 3 aromatic carbocycles. The Bertz CT molecular complexity index is 1290. The molecule has 0 aliphatic carbocycles. The van der Waals surface area contributed by atoms with Crippen LogP contribution in [0, 0.1) is 0 Å². The molecule has 38 heavy (non-hydrogen) atoms. The van der Waals surface area contributed by atoms with Gasteiger partial charge in [-0.05, 0) is 41.8 Å². The smallest absolute Gasteiger partial charge is 0.243 e. The number of sulfonamides is 1. The van der Waals surface area contributed by atoms with Crippen LogP contribution in [0.15, 0.2) is 89.8 Å². The molecule has 9 heteroatoms. The highest BCUT2D eigenvalue weighted by Gasteiger charge is 2.32. The molecule has 1 atom stereocenters. The molecule has 0 unspecified atom stereocenters. The summed E-state index contributed by atoms with van der Waals surface area (Å²) in [7, 11) is -2.60. The summed E-state index contributed by atoms with van der Waals surface area (Å²) >= 11 is 5.91. The summed E-state index contributed by atoms with van der Waals surface area (Å²) in [5.41, 5.74) is 1.74. The number of amides is 2. The van der Waals surface area contributed by atoms with Crippen molar-refractivity contribution in [1.82, 2.24) is 14.5 Å². The molecule has 0 aromatic heterocycles. The Kier molecular flexibility index (Phi) is 10.9. The molecule has 0 spiro atoms. The summed E-state index contributed by atoms with van der Waals surface area (Å²) in [6.07, 6.45) is 2.03. The molecule has 3 aromatic rings. The average Bonchev–Trinajstić information content (AvgIpc) is 2.92. The van der Waals surface area contributed by atoms with Crippen molar-refractivity contribution in [2.24, 2.45) is 0 Å². The fourth-order valence-corrected chi connectivity index (χ4v) is 5.24. The zero-order chi connectivity index (χ0) is 27.5. The molecular formula is C29H34ClN3O4S. The van der Waals surface area contributed by atoms with Gasteiger partial charge in [0.05, 0.1) is 11.4 Å². The number of likely N-dealkylation sites (N-methyl/N-ethyl adjacent to an activating group) is 1. The average molecular weight is 556 g/mol. The summed E-state index contributed by atoms with van der Waals surface area (Å²) < 4.78 is 27.3. The van der Waals surface area contributed by atoms with Crippen LogP contribution < -0.4 is 5.32 Å². The Morgan fingerprint density at radius 2 is 1.47 bits per heavy atom. The largest absolute Gasteiger partial charge is 0.354 e. The van der Waals surface area contributed by atoms with Gasteiger partial charge < -0.3 is 10.2 Å². The Hall–Kier alpha value is -3.20. The molecule has 0 radical (unpaired) electrons. The minimum atomic E-state index is -3.95. The summed E-state index contributed by atoms with van der Waals surface area (Å²) in [6, 6.07) is 23.8. The molecule has 0 saturated carbocycles. The lowest BCUT2D eigenvalue weighted by atomic mass is 10.0. The predicted molar refractivity (Wildman–Crippen MR) is 150 cm³/mol. The van der Waals surface area contributed by atoms with Crippen LogP contribution in [0.1, 0.15) is 30.9 Å². The van der Waals surface area contributed by atoms with E-state index in [1.807, 2.05) is 67.6 Å². The van der Waals surface area contributed by atoms with E-state index in [0.29, 0.717) is 18.0 Å². The van der Waals surface area contributed by atoms with E-state index in [0.717, 1.165) is 28.3 Å². The van der Waals surface area contributed by atoms with Gasteiger partial charge in [0, 0.05) is 31.6 Å². The lowest BCUT2D eigenvalue weighted by Gasteiger charge is -2.32. The number of unbranched alkanes of at least 4 members (excludes halogenated alkanes) is 1. The lowest BCUT2D eigenvalue weighted by molar-refractivity contribution is -0.141. The molecule has 0 saturated heterocycles. The van der Waals surface area contributed by atoms with Crippen molar-refractivity contribution in [1.29, 1.82) is 0 Å². The quantitative estimate of drug-likeness (QED) is 0.314. The maximum absolute atomic E-state index is 13.8. The highest BCUT2D eigenvalue weighted by molar-refractivity contribution is 7.89. The number of hydrogen-bond acceptors (Lipinski definition) is 4. The third-order valence-electron chi connectivity index (χ3n) is 6.18. The van der Waals surface area contributed by atoms with Crippen molar-refractivity contribution >= 4 is 33.4 Å². The number of halogens is 1. The highest BCUT2D eigenvalue weighted by atomic mass is 35.5. The topological polar surface area (TPSA) is 86.8 Å². The van der Waals surface area contributed by atoms with E-state index in [4.69, 9.17) is 11.6 Å². The van der Waals surface area contributed by atoms with E-state index >= 15 is 0 Å². The van der Waals surface area contributed by atoms with E-state index in [2.05, 4.69) is 5.32 Å². The van der Waals surface area contributed by atoms with E-state index in [-0.39, 0.29) is 17.3 Å². The zero-order valence-electron chi connectivity index (χ0n) is 21.7. The Balaban J connectivity index is 1.92. The van der Waals surface area contributed by atoms with E-state index in [9.17, 15) is 18.0 Å². The van der Waals surface area contributed by atoms with Gasteiger partial charge in [0.2, 0.25) is 21.8 Å². The second-order valence-electron chi connectivity index (χ2n) is 9.07. The first-order valence-electron chi connectivity index (χ1n) is 12.6. The van der Waals surface area contributed by atoms with Crippen molar-refractivity contribution < 1.29 is 18.0 Å². The van der Waals surface area contributed by atoms with Crippen LogP contribution in [-0.2, 0) is 32.6 Å². The Morgan fingerprint density at radius 1 is 0.895 bits per heavy atom. The van der Waals surface area contributed by atoms with Crippen LogP contribution in [0.3, 0.4) is 0 Å². The number of rotatable bonds is 13. The third kappa shape index (κ3) is 8.15. The highest BCUT2D eigenvalue weighted by Crippen LogP contribution is 2.19. The van der Waals surface area contributed by atoms with E-state index in [1.54, 1.807) is 0 Å². The maximum Gasteiger partial charge on any atom is 0.243 e.